The van der Waals surface area contributed by atoms with E-state index in [1.165, 1.54) is 6.92 Å². The molecule has 1 unspecified atom stereocenters. The zero-order chi connectivity index (χ0) is 36.2. The lowest BCUT2D eigenvalue weighted by molar-refractivity contribution is -0.149. The van der Waals surface area contributed by atoms with Crippen molar-refractivity contribution in [2.75, 3.05) is 43.1 Å². The Bertz CT molecular complexity index is 1770. The van der Waals surface area contributed by atoms with Gasteiger partial charge in [-0.2, -0.15) is 0 Å². The molecule has 270 valence electrons. The smallest absolute Gasteiger partial charge is 0.304 e. The Morgan fingerprint density at radius 3 is 2.45 bits per heavy atom. The van der Waals surface area contributed by atoms with Crippen molar-refractivity contribution in [2.45, 2.75) is 70.8 Å². The van der Waals surface area contributed by atoms with Gasteiger partial charge in [0, 0.05) is 60.9 Å². The van der Waals surface area contributed by atoms with Crippen molar-refractivity contribution in [3.8, 4) is 16.9 Å². The fraction of sp³-hybridized carbons (Fsp3) is 0.390. The largest absolute Gasteiger partial charge is 0.491 e. The fourth-order valence-electron chi connectivity index (χ4n) is 5.97. The molecule has 1 atom stereocenters. The molecular formula is C41H50N4O5S. The number of nitrogens with one attached hydrogen (secondary N) is 1. The van der Waals surface area contributed by atoms with E-state index < -0.39 is 6.23 Å². The number of fused-ring (bicyclic) bond motifs is 1. The lowest BCUT2D eigenvalue weighted by Gasteiger charge is -2.27. The highest BCUT2D eigenvalue weighted by Gasteiger charge is 2.21. The summed E-state index contributed by atoms with van der Waals surface area (Å²) in [5.74, 6) is 2.29. The molecule has 3 aromatic carbocycles. The van der Waals surface area contributed by atoms with Crippen LogP contribution in [0.15, 0.2) is 89.6 Å². The summed E-state index contributed by atoms with van der Waals surface area (Å²) in [5.41, 5.74) is 5.83. The summed E-state index contributed by atoms with van der Waals surface area (Å²) in [6.45, 7) is 13.4. The summed E-state index contributed by atoms with van der Waals surface area (Å²) < 4.78 is 18.6. The van der Waals surface area contributed by atoms with Gasteiger partial charge in [0.15, 0.2) is 6.23 Å². The number of esters is 1. The van der Waals surface area contributed by atoms with E-state index in [0.29, 0.717) is 31.3 Å². The van der Waals surface area contributed by atoms with Gasteiger partial charge in [-0.15, -0.1) is 11.8 Å². The molecule has 4 aromatic rings. The molecule has 1 amide bonds. The average molecular weight is 711 g/mol. The molecule has 51 heavy (non-hydrogen) atoms. The van der Waals surface area contributed by atoms with Gasteiger partial charge in [-0.3, -0.25) is 14.2 Å². The first kappa shape index (κ1) is 37.7. The molecule has 2 heterocycles. The quantitative estimate of drug-likeness (QED) is 0.0659. The Balaban J connectivity index is 1.25. The minimum Gasteiger partial charge on any atom is -0.491 e. The zero-order valence-corrected chi connectivity index (χ0v) is 31.2. The summed E-state index contributed by atoms with van der Waals surface area (Å²) in [6, 6.07) is 22.5. The van der Waals surface area contributed by atoms with Crippen molar-refractivity contribution in [3.63, 3.8) is 0 Å². The molecule has 1 N–H and O–H groups in total. The molecule has 0 spiro atoms. The summed E-state index contributed by atoms with van der Waals surface area (Å²) in [5, 5.41) is 3.13. The predicted molar refractivity (Wildman–Crippen MR) is 206 cm³/mol. The van der Waals surface area contributed by atoms with Crippen LogP contribution < -0.4 is 15.0 Å². The van der Waals surface area contributed by atoms with Gasteiger partial charge in [0.25, 0.3) is 5.91 Å². The van der Waals surface area contributed by atoms with Crippen LogP contribution in [-0.2, 0) is 24.8 Å². The maximum absolute atomic E-state index is 13.7. The van der Waals surface area contributed by atoms with Crippen LogP contribution in [0.5, 0.6) is 5.75 Å². The fourth-order valence-corrected chi connectivity index (χ4v) is 6.82. The highest BCUT2D eigenvalue weighted by atomic mass is 32.2. The number of benzene rings is 3. The predicted octanol–water partition coefficient (Wildman–Crippen LogP) is 9.01. The number of hydrogen-bond acceptors (Lipinski definition) is 8. The number of carbonyl (C=O) groups is 2. The van der Waals surface area contributed by atoms with Crippen molar-refractivity contribution >= 4 is 41.1 Å². The number of unbranched alkanes of at least 4 members (excludes halogenated alkanes) is 1. The van der Waals surface area contributed by atoms with Gasteiger partial charge in [-0.05, 0) is 97.0 Å². The molecule has 0 fully saturated rings. The van der Waals surface area contributed by atoms with Crippen molar-refractivity contribution in [2.24, 2.45) is 5.92 Å². The van der Waals surface area contributed by atoms with E-state index in [9.17, 15) is 9.59 Å². The molecule has 0 saturated carbocycles. The number of aromatic nitrogens is 2. The molecule has 5 rings (SSSR count). The second-order valence-corrected chi connectivity index (χ2v) is 14.1. The normalized spacial score (nSPS) is 13.3. The van der Waals surface area contributed by atoms with Crippen LogP contribution in [0.3, 0.4) is 0 Å². The van der Waals surface area contributed by atoms with E-state index in [4.69, 9.17) is 14.2 Å². The van der Waals surface area contributed by atoms with Gasteiger partial charge in [0.1, 0.15) is 18.2 Å². The van der Waals surface area contributed by atoms with E-state index >= 15 is 0 Å². The third-order valence-electron chi connectivity index (χ3n) is 8.51. The monoisotopic (exact) mass is 710 g/mol. The Labute approximate surface area is 306 Å². The number of carbonyl (C=O) groups excluding carboxylic acids is 2. The minimum absolute atomic E-state index is 0.0974. The number of rotatable bonds is 17. The second kappa shape index (κ2) is 18.6. The van der Waals surface area contributed by atoms with Gasteiger partial charge in [0.2, 0.25) is 0 Å². The van der Waals surface area contributed by atoms with Crippen LogP contribution in [0.1, 0.15) is 71.5 Å². The maximum atomic E-state index is 13.7. The number of nitrogens with zero attached hydrogens (tertiary/aromatic N) is 3. The number of imidazole rings is 1. The lowest BCUT2D eigenvalue weighted by atomic mass is 10.00. The zero-order valence-electron chi connectivity index (χ0n) is 30.4. The van der Waals surface area contributed by atoms with E-state index in [1.807, 2.05) is 60.2 Å². The topological polar surface area (TPSA) is 94.9 Å². The van der Waals surface area contributed by atoms with Gasteiger partial charge in [-0.1, -0.05) is 45.4 Å². The highest BCUT2D eigenvalue weighted by molar-refractivity contribution is 7.98. The number of hydrogen-bond donors (Lipinski definition) is 1. The van der Waals surface area contributed by atoms with Crippen LogP contribution in [-0.4, -0.2) is 54.3 Å². The Morgan fingerprint density at radius 2 is 1.73 bits per heavy atom. The van der Waals surface area contributed by atoms with Gasteiger partial charge in [0.05, 0.1) is 12.4 Å². The van der Waals surface area contributed by atoms with Gasteiger partial charge >= 0.3 is 5.97 Å². The third kappa shape index (κ3) is 11.0. The van der Waals surface area contributed by atoms with E-state index in [2.05, 4.69) is 66.3 Å². The molecule has 0 aliphatic carbocycles. The van der Waals surface area contributed by atoms with Gasteiger partial charge in [-0.25, -0.2) is 4.98 Å². The Hall–Kier alpha value is -4.54. The van der Waals surface area contributed by atoms with Crippen LogP contribution in [0.25, 0.3) is 17.2 Å². The molecule has 10 heteroatoms. The first-order valence-corrected chi connectivity index (χ1v) is 18.8. The minimum atomic E-state index is -0.426. The Morgan fingerprint density at radius 1 is 0.961 bits per heavy atom. The Kier molecular flexibility index (Phi) is 13.8. The highest BCUT2D eigenvalue weighted by Crippen LogP contribution is 2.34. The van der Waals surface area contributed by atoms with E-state index in [1.54, 1.807) is 18.0 Å². The molecule has 9 nitrogen and oxygen atoms in total. The average Bonchev–Trinajstić information content (AvgIpc) is 3.52. The number of amides is 1. The maximum Gasteiger partial charge on any atom is 0.304 e. The third-order valence-corrected chi connectivity index (χ3v) is 9.52. The SMILES string of the molecule is CCCCOCCOc1ccc(-c2ccc3c(c2)C=C(C(=O)Nc2ccc(SCc4nccn4C(C)OC(C)=O)cc2)CCN3CC(C)C)cc1. The first-order valence-electron chi connectivity index (χ1n) is 17.8. The van der Waals surface area contributed by atoms with Crippen molar-refractivity contribution in [3.05, 3.63) is 96.1 Å². The molecule has 0 radical (unpaired) electrons. The molecule has 1 aliphatic heterocycles. The molecule has 1 aromatic heterocycles. The summed E-state index contributed by atoms with van der Waals surface area (Å²) in [7, 11) is 0. The second-order valence-electron chi connectivity index (χ2n) is 13.1. The molecular weight excluding hydrogens is 661 g/mol. The number of anilines is 2. The van der Waals surface area contributed by atoms with E-state index in [0.717, 1.165) is 82.6 Å². The lowest BCUT2D eigenvalue weighted by Crippen LogP contribution is -2.29. The first-order chi connectivity index (χ1) is 24.7. The number of ether oxygens (including phenoxy) is 3. The standard InChI is InChI=1S/C41H50N4O5S/c1-6-7-22-48-23-24-49-37-13-8-32(9-14-37)33-10-17-39-35(25-33)26-34(18-20-44(39)27-29(2)3)41(47)43-36-11-15-38(16-12-36)51-28-40-42-19-21-45(40)30(4)50-31(5)46/h8-17,19,21,25-26,29-30H,6-7,18,20,22-24,27-28H2,1-5H3,(H,43,47). The summed E-state index contributed by atoms with van der Waals surface area (Å²) in [6.07, 6.45) is 7.97. The summed E-state index contributed by atoms with van der Waals surface area (Å²) in [4.78, 5) is 32.9. The molecule has 0 bridgehead atoms. The van der Waals surface area contributed by atoms with Crippen molar-refractivity contribution < 1.29 is 23.8 Å². The summed E-state index contributed by atoms with van der Waals surface area (Å²) >= 11 is 1.63. The van der Waals surface area contributed by atoms with Crippen LogP contribution in [0, 0.1) is 5.92 Å². The van der Waals surface area contributed by atoms with Crippen molar-refractivity contribution in [1.82, 2.24) is 9.55 Å². The van der Waals surface area contributed by atoms with Crippen LogP contribution in [0.4, 0.5) is 11.4 Å². The van der Waals surface area contributed by atoms with Crippen molar-refractivity contribution in [1.29, 1.82) is 0 Å². The number of thioether (sulfide) groups is 1. The van der Waals surface area contributed by atoms with Crippen LogP contribution >= 0.6 is 11.8 Å². The molecule has 1 aliphatic rings. The van der Waals surface area contributed by atoms with Gasteiger partial charge < -0.3 is 24.4 Å². The van der Waals surface area contributed by atoms with Crippen LogP contribution in [0.2, 0.25) is 0 Å². The molecule has 0 saturated heterocycles. The van der Waals surface area contributed by atoms with E-state index in [-0.39, 0.29) is 11.9 Å².